The Kier molecular flexibility index (Phi) is 4.75. The Morgan fingerprint density at radius 2 is 1.58 bits per heavy atom. The lowest BCUT2D eigenvalue weighted by Gasteiger charge is -2.49. The van der Waals surface area contributed by atoms with Crippen molar-refractivity contribution in [3.8, 4) is 11.4 Å². The molecule has 2 aliphatic heterocycles. The molecule has 1 N–H and O–H groups in total. The van der Waals surface area contributed by atoms with E-state index in [1.807, 2.05) is 0 Å². The number of phenols is 1. The fraction of sp³-hybridized carbons (Fsp3) is 0.280. The molecule has 184 valence electrons. The largest absolute Gasteiger partial charge is 0.508 e. The summed E-state index contributed by atoms with van der Waals surface area (Å²) in [6, 6.07) is 14.0. The van der Waals surface area contributed by atoms with Crippen molar-refractivity contribution in [3.63, 3.8) is 0 Å². The fourth-order valence-corrected chi connectivity index (χ4v) is 6.87. The van der Waals surface area contributed by atoms with Gasteiger partial charge in [0.15, 0.2) is 9.75 Å². The second-order valence-corrected chi connectivity index (χ2v) is 10.5. The highest BCUT2D eigenvalue weighted by Crippen LogP contribution is 2.63. The predicted octanol–water partition coefficient (Wildman–Crippen LogP) is 2.13. The first-order valence-electron chi connectivity index (χ1n) is 11.3. The first kappa shape index (κ1) is 22.9. The summed E-state index contributed by atoms with van der Waals surface area (Å²) in [7, 11) is 1.31. The third-order valence-corrected chi connectivity index (χ3v) is 8.96. The summed E-state index contributed by atoms with van der Waals surface area (Å²) >= 11 is 14.1. The number of alkyl halides is 2. The number of aromatic hydroxyl groups is 1. The molecule has 1 aromatic heterocycles. The van der Waals surface area contributed by atoms with Crippen molar-refractivity contribution in [3.05, 3.63) is 92.8 Å². The maximum atomic E-state index is 13.7. The van der Waals surface area contributed by atoms with Crippen molar-refractivity contribution >= 4 is 35.0 Å². The normalized spacial score (nSPS) is 29.0. The monoisotopic (exact) mass is 526 g/mol. The van der Waals surface area contributed by atoms with E-state index in [1.54, 1.807) is 54.6 Å². The molecule has 3 aromatic rings. The molecule has 9 nitrogen and oxygen atoms in total. The van der Waals surface area contributed by atoms with Crippen molar-refractivity contribution < 1.29 is 14.7 Å². The smallest absolute Gasteiger partial charge is 0.352 e. The quantitative estimate of drug-likeness (QED) is 0.312. The molecule has 2 amide bonds. The molecule has 3 aliphatic rings. The first-order chi connectivity index (χ1) is 17.1. The van der Waals surface area contributed by atoms with Crippen molar-refractivity contribution in [2.75, 3.05) is 7.05 Å². The predicted molar refractivity (Wildman–Crippen MR) is 132 cm³/mol. The third-order valence-electron chi connectivity index (χ3n) is 7.54. The summed E-state index contributed by atoms with van der Waals surface area (Å²) < 4.78 is 3.63. The number of likely N-dealkylation sites (tertiary alicyclic amines) is 1. The van der Waals surface area contributed by atoms with E-state index in [-0.39, 0.29) is 18.7 Å². The molecule has 11 heteroatoms. The Labute approximate surface area is 214 Å². The van der Waals surface area contributed by atoms with E-state index in [4.69, 9.17) is 23.2 Å². The van der Waals surface area contributed by atoms with Crippen LogP contribution in [0.3, 0.4) is 0 Å². The molecule has 1 saturated carbocycles. The molecule has 0 unspecified atom stereocenters. The topological polar surface area (TPSA) is 107 Å². The number of amides is 2. The van der Waals surface area contributed by atoms with Gasteiger partial charge < -0.3 is 5.11 Å². The zero-order valence-electron chi connectivity index (χ0n) is 19.0. The summed E-state index contributed by atoms with van der Waals surface area (Å²) in [4.78, 5) is 50.8. The van der Waals surface area contributed by atoms with E-state index in [1.165, 1.54) is 22.5 Å². The van der Waals surface area contributed by atoms with E-state index < -0.39 is 44.9 Å². The number of carbonyl (C=O) groups excluding carboxylic acids is 2. The lowest BCUT2D eigenvalue weighted by atomic mass is 9.64. The SMILES string of the molecule is CN1C(=O)[C@]2(Cl)C[C@@H]3C(=CCn4c(=O)n(-c5ccccc5)c(=O)n43)[C@H](c3ccccc3O)[C@]2(Cl)C1=O. The van der Waals surface area contributed by atoms with Gasteiger partial charge in [0.2, 0.25) is 0 Å². The van der Waals surface area contributed by atoms with Crippen LogP contribution in [0, 0.1) is 0 Å². The average molecular weight is 527 g/mol. The van der Waals surface area contributed by atoms with Gasteiger partial charge in [0.1, 0.15) is 5.75 Å². The van der Waals surface area contributed by atoms with Gasteiger partial charge in [-0.1, -0.05) is 42.5 Å². The maximum absolute atomic E-state index is 13.7. The van der Waals surface area contributed by atoms with Crippen LogP contribution in [0.4, 0.5) is 0 Å². The number of rotatable bonds is 2. The molecule has 2 aromatic carbocycles. The standard InChI is InChI=1S/C25H20Cl2N4O5/c1-28-20(33)24(26)13-17-15(19(25(24,27)21(28)34)16-9-5-6-10-18(16)32)11-12-29-22(35)30(23(36)31(17)29)14-7-3-2-4-8-14/h2-11,17,19,32H,12-13H2,1H3/t17-,19-,24-,25+/m1/s1. The van der Waals surface area contributed by atoms with Gasteiger partial charge in [-0.15, -0.1) is 23.2 Å². The lowest BCUT2D eigenvalue weighted by Crippen LogP contribution is -2.59. The Hall–Kier alpha value is -3.56. The Morgan fingerprint density at radius 1 is 0.917 bits per heavy atom. The van der Waals surface area contributed by atoms with Gasteiger partial charge in [0, 0.05) is 24.9 Å². The average Bonchev–Trinajstić information content (AvgIpc) is 3.20. The Balaban J connectivity index is 1.63. The zero-order chi connectivity index (χ0) is 25.6. The van der Waals surface area contributed by atoms with Crippen molar-refractivity contribution in [1.82, 2.24) is 18.8 Å². The molecule has 6 rings (SSSR count). The second kappa shape index (κ2) is 7.47. The van der Waals surface area contributed by atoms with Crippen LogP contribution in [0.5, 0.6) is 5.75 Å². The summed E-state index contributed by atoms with van der Waals surface area (Å²) in [6.07, 6.45) is 1.54. The number of nitrogens with zero attached hydrogens (tertiary/aromatic N) is 4. The number of fused-ring (bicyclic) bond motifs is 4. The zero-order valence-corrected chi connectivity index (χ0v) is 20.5. The van der Waals surface area contributed by atoms with Crippen molar-refractivity contribution in [2.45, 2.75) is 34.7 Å². The molecule has 0 radical (unpaired) electrons. The molecule has 3 heterocycles. The number of phenolic OH excluding ortho intramolecular Hbond substituents is 1. The maximum Gasteiger partial charge on any atom is 0.352 e. The van der Waals surface area contributed by atoms with Gasteiger partial charge in [0.25, 0.3) is 11.8 Å². The van der Waals surface area contributed by atoms with Gasteiger partial charge in [-0.05, 0) is 23.8 Å². The number of imide groups is 1. The summed E-state index contributed by atoms with van der Waals surface area (Å²) in [5.41, 5.74) is 0.0848. The van der Waals surface area contributed by atoms with E-state index in [9.17, 15) is 24.3 Å². The minimum atomic E-state index is -1.95. The molecule has 1 aliphatic carbocycles. The summed E-state index contributed by atoms with van der Waals surface area (Å²) in [6.45, 7) is 0.0318. The van der Waals surface area contributed by atoms with Gasteiger partial charge in [-0.2, -0.15) is 0 Å². The van der Waals surface area contributed by atoms with E-state index in [0.29, 0.717) is 16.8 Å². The first-order valence-corrected chi connectivity index (χ1v) is 12.1. The number of hydrogen-bond donors (Lipinski definition) is 1. The minimum Gasteiger partial charge on any atom is -0.508 e. The van der Waals surface area contributed by atoms with Crippen molar-refractivity contribution in [2.24, 2.45) is 0 Å². The minimum absolute atomic E-state index is 0.0318. The second-order valence-electron chi connectivity index (χ2n) is 9.26. The third kappa shape index (κ3) is 2.62. The molecule has 4 atom stereocenters. The van der Waals surface area contributed by atoms with Gasteiger partial charge in [0.05, 0.1) is 18.3 Å². The number of carbonyl (C=O) groups is 2. The van der Waals surface area contributed by atoms with Crippen molar-refractivity contribution in [1.29, 1.82) is 0 Å². The van der Waals surface area contributed by atoms with Crippen LogP contribution < -0.4 is 11.4 Å². The number of hydrogen-bond acceptors (Lipinski definition) is 5. The number of aromatic nitrogens is 3. The summed E-state index contributed by atoms with van der Waals surface area (Å²) in [5.74, 6) is -2.54. The number of benzene rings is 2. The van der Waals surface area contributed by atoms with Crippen LogP contribution in [0.15, 0.2) is 75.8 Å². The lowest BCUT2D eigenvalue weighted by molar-refractivity contribution is -0.137. The number of allylic oxidation sites excluding steroid dienone is 2. The van der Waals surface area contributed by atoms with E-state index in [2.05, 4.69) is 0 Å². The fourth-order valence-electron chi connectivity index (χ4n) is 5.88. The van der Waals surface area contributed by atoms with E-state index in [0.717, 1.165) is 9.47 Å². The van der Waals surface area contributed by atoms with Crippen LogP contribution >= 0.6 is 23.2 Å². The van der Waals surface area contributed by atoms with Crippen LogP contribution in [0.2, 0.25) is 0 Å². The molecular formula is C25H20Cl2N4O5. The van der Waals surface area contributed by atoms with Gasteiger partial charge in [-0.3, -0.25) is 14.5 Å². The summed E-state index contributed by atoms with van der Waals surface area (Å²) in [5, 5.41) is 10.8. The Bertz CT molecular complexity index is 1610. The molecule has 0 bridgehead atoms. The van der Waals surface area contributed by atoms with Crippen LogP contribution in [0.1, 0.15) is 23.9 Å². The molecule has 36 heavy (non-hydrogen) atoms. The molecule has 1 saturated heterocycles. The highest BCUT2D eigenvalue weighted by atomic mass is 35.5. The van der Waals surface area contributed by atoms with Crippen LogP contribution in [-0.4, -0.2) is 52.5 Å². The highest BCUT2D eigenvalue weighted by molar-refractivity contribution is 6.53. The highest BCUT2D eigenvalue weighted by Gasteiger charge is 2.75. The van der Waals surface area contributed by atoms with Gasteiger partial charge >= 0.3 is 11.4 Å². The Morgan fingerprint density at radius 3 is 2.28 bits per heavy atom. The van der Waals surface area contributed by atoms with E-state index >= 15 is 0 Å². The van der Waals surface area contributed by atoms with Crippen LogP contribution in [0.25, 0.3) is 5.69 Å². The number of halogens is 2. The van der Waals surface area contributed by atoms with Crippen LogP contribution in [-0.2, 0) is 16.1 Å². The number of para-hydroxylation sites is 2. The molecule has 2 fully saturated rings. The molecular weight excluding hydrogens is 507 g/mol. The van der Waals surface area contributed by atoms with Gasteiger partial charge in [-0.25, -0.2) is 23.5 Å². The molecule has 0 spiro atoms.